The largest absolute Gasteiger partial charge is 0.354 e. The summed E-state index contributed by atoms with van der Waals surface area (Å²) < 4.78 is 1.74. The van der Waals surface area contributed by atoms with Crippen LogP contribution in [0.25, 0.3) is 5.69 Å². The van der Waals surface area contributed by atoms with E-state index in [-0.39, 0.29) is 30.3 Å². The Bertz CT molecular complexity index is 652. The van der Waals surface area contributed by atoms with Gasteiger partial charge in [-0.15, -0.1) is 17.5 Å². The Morgan fingerprint density at radius 1 is 1.25 bits per heavy atom. The van der Waals surface area contributed by atoms with Gasteiger partial charge in [0, 0.05) is 12.1 Å². The van der Waals surface area contributed by atoms with Gasteiger partial charge in [0.05, 0.1) is 23.5 Å². The molecule has 0 bridgehead atoms. The van der Waals surface area contributed by atoms with E-state index in [1.54, 1.807) is 4.68 Å². The van der Waals surface area contributed by atoms with E-state index in [1.165, 1.54) is 0 Å². The highest BCUT2D eigenvalue weighted by Gasteiger charge is 2.21. The Hall–Kier alpha value is -1.92. The minimum absolute atomic E-state index is 0. The normalized spacial score (nSPS) is 11.0. The molecule has 1 amide bonds. The number of halogens is 1. The molecule has 0 atom stereocenters. The van der Waals surface area contributed by atoms with Gasteiger partial charge in [0.2, 0.25) is 5.91 Å². The molecule has 0 saturated heterocycles. The molecule has 0 unspecified atom stereocenters. The summed E-state index contributed by atoms with van der Waals surface area (Å²) in [5.74, 6) is -0.0788. The molecule has 0 aliphatic carbocycles. The second kappa shape index (κ2) is 8.80. The second-order valence-electron chi connectivity index (χ2n) is 5.89. The highest BCUT2D eigenvalue weighted by molar-refractivity contribution is 5.85. The molecule has 0 radical (unpaired) electrons. The third-order valence-corrected chi connectivity index (χ3v) is 4.36. The highest BCUT2D eigenvalue weighted by atomic mass is 35.5. The van der Waals surface area contributed by atoms with Gasteiger partial charge in [-0.3, -0.25) is 4.79 Å². The Labute approximate surface area is 149 Å². The van der Waals surface area contributed by atoms with Gasteiger partial charge in [0.1, 0.15) is 0 Å². The number of para-hydroxylation sites is 1. The van der Waals surface area contributed by atoms with E-state index in [0.29, 0.717) is 12.2 Å². The number of nitrogens with one attached hydrogen (secondary N) is 1. The molecular weight excluding hydrogens is 326 g/mol. The first-order chi connectivity index (χ1) is 11.0. The average Bonchev–Trinajstić information content (AvgIpc) is 2.94. The van der Waals surface area contributed by atoms with Crippen molar-refractivity contribution in [2.24, 2.45) is 5.73 Å². The predicted molar refractivity (Wildman–Crippen MR) is 97.6 cm³/mol. The highest BCUT2D eigenvalue weighted by Crippen LogP contribution is 2.13. The first-order valence-electron chi connectivity index (χ1n) is 8.01. The van der Waals surface area contributed by atoms with Crippen LogP contribution in [0, 0.1) is 6.92 Å². The summed E-state index contributed by atoms with van der Waals surface area (Å²) in [5, 5.41) is 11.2. The smallest absolute Gasteiger partial charge is 0.226 e. The van der Waals surface area contributed by atoms with Crippen molar-refractivity contribution >= 4 is 18.3 Å². The van der Waals surface area contributed by atoms with Crippen LogP contribution in [0.1, 0.15) is 38.1 Å². The van der Waals surface area contributed by atoms with E-state index in [1.807, 2.05) is 51.1 Å². The summed E-state index contributed by atoms with van der Waals surface area (Å²) >= 11 is 0. The minimum Gasteiger partial charge on any atom is -0.354 e. The molecule has 6 nitrogen and oxygen atoms in total. The standard InChI is InChI=1S/C17H25N5O.ClH/c1-4-17(18,5-2)12-19-16(23)11-15-13(3)22(21-20-15)14-9-7-6-8-10-14;/h6-10H,4-5,11-12,18H2,1-3H3,(H,19,23);1H. The summed E-state index contributed by atoms with van der Waals surface area (Å²) in [7, 11) is 0. The maximum atomic E-state index is 12.1. The van der Waals surface area contributed by atoms with Crippen molar-refractivity contribution in [1.82, 2.24) is 20.3 Å². The number of hydrogen-bond donors (Lipinski definition) is 2. The summed E-state index contributed by atoms with van der Waals surface area (Å²) in [5.41, 5.74) is 8.35. The van der Waals surface area contributed by atoms with Crippen molar-refractivity contribution < 1.29 is 4.79 Å². The number of rotatable bonds is 7. The molecule has 3 N–H and O–H groups in total. The summed E-state index contributed by atoms with van der Waals surface area (Å²) in [6, 6.07) is 9.75. The lowest BCUT2D eigenvalue weighted by atomic mass is 9.94. The fraction of sp³-hybridized carbons (Fsp3) is 0.471. The van der Waals surface area contributed by atoms with Crippen LogP contribution < -0.4 is 11.1 Å². The van der Waals surface area contributed by atoms with Crippen LogP contribution in [0.15, 0.2) is 30.3 Å². The number of carbonyl (C=O) groups is 1. The second-order valence-corrected chi connectivity index (χ2v) is 5.89. The maximum Gasteiger partial charge on any atom is 0.226 e. The lowest BCUT2D eigenvalue weighted by molar-refractivity contribution is -0.120. The number of nitrogens with two attached hydrogens (primary N) is 1. The van der Waals surface area contributed by atoms with Crippen LogP contribution in [0.3, 0.4) is 0 Å². The molecular formula is C17H26ClN5O. The zero-order valence-electron chi connectivity index (χ0n) is 14.5. The first-order valence-corrected chi connectivity index (χ1v) is 8.01. The molecule has 7 heteroatoms. The topological polar surface area (TPSA) is 85.8 Å². The Balaban J connectivity index is 0.00000288. The monoisotopic (exact) mass is 351 g/mol. The van der Waals surface area contributed by atoms with Crippen LogP contribution in [-0.2, 0) is 11.2 Å². The van der Waals surface area contributed by atoms with E-state index in [0.717, 1.165) is 24.2 Å². The Morgan fingerprint density at radius 3 is 2.46 bits per heavy atom. The molecule has 24 heavy (non-hydrogen) atoms. The molecule has 1 aromatic carbocycles. The summed E-state index contributed by atoms with van der Waals surface area (Å²) in [6.07, 6.45) is 1.86. The van der Waals surface area contributed by atoms with Crippen molar-refractivity contribution in [3.63, 3.8) is 0 Å². The van der Waals surface area contributed by atoms with Crippen LogP contribution >= 0.6 is 12.4 Å². The average molecular weight is 352 g/mol. The molecule has 0 aliphatic heterocycles. The van der Waals surface area contributed by atoms with E-state index >= 15 is 0 Å². The predicted octanol–water partition coefficient (Wildman–Crippen LogP) is 2.17. The van der Waals surface area contributed by atoms with Gasteiger partial charge >= 0.3 is 0 Å². The molecule has 0 aliphatic rings. The zero-order chi connectivity index (χ0) is 16.9. The number of benzene rings is 1. The van der Waals surface area contributed by atoms with Gasteiger partial charge in [0.15, 0.2) is 0 Å². The fourth-order valence-corrected chi connectivity index (χ4v) is 2.33. The molecule has 2 aromatic rings. The van der Waals surface area contributed by atoms with Gasteiger partial charge in [-0.1, -0.05) is 37.3 Å². The lowest BCUT2D eigenvalue weighted by Gasteiger charge is -2.26. The SMILES string of the molecule is CCC(N)(CC)CNC(=O)Cc1nnn(-c2ccccc2)c1C.Cl. The Kier molecular flexibility index (Phi) is 7.38. The van der Waals surface area contributed by atoms with Gasteiger partial charge in [-0.25, -0.2) is 4.68 Å². The lowest BCUT2D eigenvalue weighted by Crippen LogP contribution is -2.49. The van der Waals surface area contributed by atoms with Gasteiger partial charge in [-0.2, -0.15) is 0 Å². The quantitative estimate of drug-likeness (QED) is 0.800. The number of hydrogen-bond acceptors (Lipinski definition) is 4. The van der Waals surface area contributed by atoms with Crippen molar-refractivity contribution in [3.05, 3.63) is 41.7 Å². The molecule has 1 heterocycles. The summed E-state index contributed by atoms with van der Waals surface area (Å²) in [6.45, 7) is 6.46. The zero-order valence-corrected chi connectivity index (χ0v) is 15.3. The number of aromatic nitrogens is 3. The van der Waals surface area contributed by atoms with E-state index < -0.39 is 0 Å². The fourth-order valence-electron chi connectivity index (χ4n) is 2.33. The Morgan fingerprint density at radius 2 is 1.88 bits per heavy atom. The minimum atomic E-state index is -0.341. The van der Waals surface area contributed by atoms with Crippen molar-refractivity contribution in [2.75, 3.05) is 6.54 Å². The van der Waals surface area contributed by atoms with Crippen LogP contribution in [-0.4, -0.2) is 33.0 Å². The number of carbonyl (C=O) groups excluding carboxylic acids is 1. The summed E-state index contributed by atoms with van der Waals surface area (Å²) in [4.78, 5) is 12.1. The molecule has 0 spiro atoms. The molecule has 0 fully saturated rings. The van der Waals surface area contributed by atoms with Crippen molar-refractivity contribution in [1.29, 1.82) is 0 Å². The van der Waals surface area contributed by atoms with Crippen LogP contribution in [0.4, 0.5) is 0 Å². The number of nitrogens with zero attached hydrogens (tertiary/aromatic N) is 3. The van der Waals surface area contributed by atoms with Crippen LogP contribution in [0.2, 0.25) is 0 Å². The van der Waals surface area contributed by atoms with E-state index in [9.17, 15) is 4.79 Å². The van der Waals surface area contributed by atoms with Crippen molar-refractivity contribution in [2.45, 2.75) is 45.6 Å². The van der Waals surface area contributed by atoms with E-state index in [4.69, 9.17) is 5.73 Å². The molecule has 1 aromatic heterocycles. The van der Waals surface area contributed by atoms with E-state index in [2.05, 4.69) is 15.6 Å². The molecule has 132 valence electrons. The van der Waals surface area contributed by atoms with Gasteiger partial charge < -0.3 is 11.1 Å². The molecule has 2 rings (SSSR count). The van der Waals surface area contributed by atoms with Gasteiger partial charge in [0.25, 0.3) is 0 Å². The third-order valence-electron chi connectivity index (χ3n) is 4.36. The van der Waals surface area contributed by atoms with Crippen molar-refractivity contribution in [3.8, 4) is 5.69 Å². The molecule has 0 saturated carbocycles. The van der Waals surface area contributed by atoms with Gasteiger partial charge in [-0.05, 0) is 31.9 Å². The van der Waals surface area contributed by atoms with Crippen LogP contribution in [0.5, 0.6) is 0 Å². The first kappa shape index (κ1) is 20.1. The third kappa shape index (κ3) is 4.79. The maximum absolute atomic E-state index is 12.1. The number of amides is 1.